The Kier molecular flexibility index (Phi) is 7.50. The van der Waals surface area contributed by atoms with Crippen LogP contribution in [0.4, 0.5) is 4.39 Å². The quantitative estimate of drug-likeness (QED) is 0.246. The number of carbonyl (C=O) groups excluding carboxylic acids is 1. The van der Waals surface area contributed by atoms with Gasteiger partial charge in [0, 0.05) is 38.4 Å². The van der Waals surface area contributed by atoms with E-state index < -0.39 is 5.63 Å². The molecule has 2 aromatic heterocycles. The first-order valence-corrected chi connectivity index (χ1v) is 14.5. The van der Waals surface area contributed by atoms with E-state index in [0.717, 1.165) is 27.5 Å². The van der Waals surface area contributed by atoms with Crippen LogP contribution >= 0.6 is 22.6 Å². The molecular formula is C32H32FIN2O4. The van der Waals surface area contributed by atoms with Gasteiger partial charge in [-0.05, 0) is 104 Å². The van der Waals surface area contributed by atoms with Gasteiger partial charge >= 0.3 is 5.63 Å². The number of benzene rings is 2. The molecule has 6 nitrogen and oxygen atoms in total. The lowest BCUT2D eigenvalue weighted by atomic mass is 9.93. The molecule has 1 saturated carbocycles. The maximum atomic E-state index is 14.9. The number of nitrogens with zero attached hydrogens (tertiary/aromatic N) is 1. The van der Waals surface area contributed by atoms with Crippen molar-refractivity contribution in [3.05, 3.63) is 101 Å². The number of carbonyl (C=O) groups is 1. The van der Waals surface area contributed by atoms with Crippen molar-refractivity contribution < 1.29 is 13.6 Å². The Bertz CT molecular complexity index is 1780. The molecule has 0 aliphatic heterocycles. The lowest BCUT2D eigenvalue weighted by Gasteiger charge is -2.21. The van der Waals surface area contributed by atoms with Crippen molar-refractivity contribution in [2.24, 2.45) is 0 Å². The minimum absolute atomic E-state index is 0.0616. The van der Waals surface area contributed by atoms with E-state index in [2.05, 4.69) is 5.32 Å². The number of fused-ring (bicyclic) bond motifs is 1. The molecule has 1 aliphatic carbocycles. The summed E-state index contributed by atoms with van der Waals surface area (Å²) in [5, 5.41) is 3.29. The topological polar surface area (TPSA) is 81.3 Å². The van der Waals surface area contributed by atoms with Crippen molar-refractivity contribution in [1.29, 1.82) is 0 Å². The lowest BCUT2D eigenvalue weighted by molar-refractivity contribution is -0.121. The van der Waals surface area contributed by atoms with Gasteiger partial charge < -0.3 is 14.3 Å². The number of nitrogens with one attached hydrogen (secondary N) is 1. The average Bonchev–Trinajstić information content (AvgIpc) is 3.67. The number of amides is 1. The summed E-state index contributed by atoms with van der Waals surface area (Å²) in [6.45, 7) is 9.29. The van der Waals surface area contributed by atoms with Gasteiger partial charge in [-0.3, -0.25) is 9.59 Å². The number of hydrogen-bond acceptors (Lipinski definition) is 4. The zero-order valence-corrected chi connectivity index (χ0v) is 25.4. The molecule has 1 N–H and O–H groups in total. The van der Waals surface area contributed by atoms with E-state index in [1.54, 1.807) is 23.6 Å². The van der Waals surface area contributed by atoms with Crippen LogP contribution < -0.4 is 16.5 Å². The molecule has 0 atom stereocenters. The molecule has 0 radical (unpaired) electrons. The molecule has 1 amide bonds. The Morgan fingerprint density at radius 2 is 1.85 bits per heavy atom. The van der Waals surface area contributed by atoms with Crippen LogP contribution in [-0.2, 0) is 17.6 Å². The molecule has 5 rings (SSSR count). The van der Waals surface area contributed by atoms with E-state index in [-0.39, 0.29) is 47.3 Å². The molecule has 2 heterocycles. The maximum Gasteiger partial charge on any atom is 0.339 e. The third-order valence-corrected chi connectivity index (χ3v) is 7.93. The predicted octanol–water partition coefficient (Wildman–Crippen LogP) is 6.37. The summed E-state index contributed by atoms with van der Waals surface area (Å²) in [5.41, 5.74) is 3.13. The molecule has 1 fully saturated rings. The van der Waals surface area contributed by atoms with Gasteiger partial charge in [0.2, 0.25) is 5.91 Å². The van der Waals surface area contributed by atoms with Crippen molar-refractivity contribution in [2.75, 3.05) is 0 Å². The van der Waals surface area contributed by atoms with Crippen molar-refractivity contribution >= 4 is 39.5 Å². The van der Waals surface area contributed by atoms with Crippen molar-refractivity contribution in [3.63, 3.8) is 0 Å². The molecule has 8 heteroatoms. The number of aromatic nitrogens is 1. The maximum absolute atomic E-state index is 14.9. The number of rotatable bonds is 6. The Morgan fingerprint density at radius 3 is 2.50 bits per heavy atom. The van der Waals surface area contributed by atoms with Gasteiger partial charge in [0.05, 0.1) is 11.8 Å². The van der Waals surface area contributed by atoms with Crippen LogP contribution in [0.15, 0.2) is 56.5 Å². The Labute approximate surface area is 245 Å². The molecule has 40 heavy (non-hydrogen) atoms. The van der Waals surface area contributed by atoms with E-state index in [4.69, 9.17) is 4.42 Å². The summed E-state index contributed by atoms with van der Waals surface area (Å²) in [7, 11) is 0. The zero-order valence-electron chi connectivity index (χ0n) is 23.3. The van der Waals surface area contributed by atoms with Gasteiger partial charge in [0.25, 0.3) is 5.56 Å². The molecule has 0 spiro atoms. The summed E-state index contributed by atoms with van der Waals surface area (Å²) in [4.78, 5) is 39.8. The SMILES string of the molecule is Cc1c(Cc2ccc(I)cc2F)c2c(=O)n(C3CC3)c(C)c(-c3cccc(CC(=O)NC(C)(C)C)c3)c2oc1=O. The Hall–Kier alpha value is -3.27. The van der Waals surface area contributed by atoms with Crippen molar-refractivity contribution in [2.45, 2.75) is 71.9 Å². The Morgan fingerprint density at radius 1 is 1.12 bits per heavy atom. The number of hydrogen-bond donors (Lipinski definition) is 1. The molecule has 0 unspecified atom stereocenters. The van der Waals surface area contributed by atoms with Crippen LogP contribution in [0.1, 0.15) is 67.6 Å². The minimum atomic E-state index is -0.557. The molecule has 208 valence electrons. The van der Waals surface area contributed by atoms with Gasteiger partial charge in [0.15, 0.2) is 5.58 Å². The summed E-state index contributed by atoms with van der Waals surface area (Å²) >= 11 is 2.05. The third kappa shape index (κ3) is 5.64. The second kappa shape index (κ2) is 10.6. The van der Waals surface area contributed by atoms with Crippen molar-refractivity contribution in [1.82, 2.24) is 9.88 Å². The fourth-order valence-electron chi connectivity index (χ4n) is 5.30. The van der Waals surface area contributed by atoms with Crippen molar-refractivity contribution in [3.8, 4) is 11.1 Å². The number of pyridine rings is 1. The van der Waals surface area contributed by atoms with Gasteiger partial charge in [-0.2, -0.15) is 0 Å². The lowest BCUT2D eigenvalue weighted by Crippen LogP contribution is -2.41. The van der Waals surface area contributed by atoms with Gasteiger partial charge in [-0.25, -0.2) is 9.18 Å². The first-order valence-electron chi connectivity index (χ1n) is 13.4. The normalized spacial score (nSPS) is 13.6. The molecular weight excluding hydrogens is 622 g/mol. The van der Waals surface area contributed by atoms with E-state index in [9.17, 15) is 18.8 Å². The smallest absolute Gasteiger partial charge is 0.339 e. The zero-order chi connectivity index (χ0) is 28.9. The second-order valence-electron chi connectivity index (χ2n) is 11.7. The molecule has 1 aliphatic rings. The van der Waals surface area contributed by atoms with E-state index in [0.29, 0.717) is 33.3 Å². The molecule has 0 saturated heterocycles. The van der Waals surface area contributed by atoms with Gasteiger partial charge in [0.1, 0.15) is 5.82 Å². The summed E-state index contributed by atoms with van der Waals surface area (Å²) < 4.78 is 23.3. The van der Waals surface area contributed by atoms with Crippen LogP contribution in [-0.4, -0.2) is 16.0 Å². The van der Waals surface area contributed by atoms with Crippen LogP contribution in [0.2, 0.25) is 0 Å². The predicted molar refractivity (Wildman–Crippen MR) is 163 cm³/mol. The summed E-state index contributed by atoms with van der Waals surface area (Å²) in [5.74, 6) is -0.484. The highest BCUT2D eigenvalue weighted by molar-refractivity contribution is 14.1. The van der Waals surface area contributed by atoms with Crippen LogP contribution in [0.25, 0.3) is 22.1 Å². The van der Waals surface area contributed by atoms with Crippen LogP contribution in [0.5, 0.6) is 0 Å². The fraction of sp³-hybridized carbons (Fsp3) is 0.344. The minimum Gasteiger partial charge on any atom is -0.422 e. The highest BCUT2D eigenvalue weighted by Gasteiger charge is 2.31. The fourth-order valence-corrected chi connectivity index (χ4v) is 5.75. The highest BCUT2D eigenvalue weighted by Crippen LogP contribution is 2.40. The standard InChI is InChI=1S/C32H32FIN2O4/c1-17-24(15-20-9-10-22(34)16-25(20)33)28-29(40-31(17)39)27(18(2)36(30(28)38)23-11-12-23)21-8-6-7-19(13-21)14-26(37)35-32(3,4)5/h6-10,13,16,23H,11-12,14-15H2,1-5H3,(H,35,37). The molecule has 4 aromatic rings. The second-order valence-corrected chi connectivity index (χ2v) is 12.9. The number of halogens is 2. The molecule has 0 bridgehead atoms. The summed E-state index contributed by atoms with van der Waals surface area (Å²) in [6, 6.07) is 12.5. The largest absolute Gasteiger partial charge is 0.422 e. The highest BCUT2D eigenvalue weighted by atomic mass is 127. The monoisotopic (exact) mass is 654 g/mol. The van der Waals surface area contributed by atoms with Crippen LogP contribution in [0, 0.1) is 23.2 Å². The third-order valence-electron chi connectivity index (χ3n) is 7.25. The van der Waals surface area contributed by atoms with Gasteiger partial charge in [-0.1, -0.05) is 30.3 Å². The van der Waals surface area contributed by atoms with E-state index in [1.165, 1.54) is 6.07 Å². The first-order chi connectivity index (χ1) is 18.8. The Balaban J connectivity index is 1.74. The molecule has 2 aromatic carbocycles. The van der Waals surface area contributed by atoms with Crippen LogP contribution in [0.3, 0.4) is 0 Å². The first kappa shape index (κ1) is 28.3. The summed E-state index contributed by atoms with van der Waals surface area (Å²) in [6.07, 6.45) is 2.04. The van der Waals surface area contributed by atoms with E-state index in [1.807, 2.05) is 74.6 Å². The van der Waals surface area contributed by atoms with Gasteiger partial charge in [-0.15, -0.1) is 0 Å². The average molecular weight is 655 g/mol. The van der Waals surface area contributed by atoms with E-state index >= 15 is 0 Å².